The van der Waals surface area contributed by atoms with Gasteiger partial charge in [0.1, 0.15) is 10.1 Å². The molecule has 0 spiro atoms. The number of carbonyl (C=O) groups is 1. The summed E-state index contributed by atoms with van der Waals surface area (Å²) in [6, 6.07) is 12.8. The number of hydrogen-bond donors (Lipinski definition) is 1. The van der Waals surface area contributed by atoms with E-state index in [-0.39, 0.29) is 11.7 Å². The minimum atomic E-state index is 0.0829. The molecule has 1 N–H and O–H groups in total. The molecule has 162 valence electrons. The summed E-state index contributed by atoms with van der Waals surface area (Å²) in [4.78, 5) is 21.3. The molecule has 0 radical (unpaired) electrons. The van der Waals surface area contributed by atoms with Gasteiger partial charge in [-0.15, -0.1) is 11.3 Å². The molecule has 1 aliphatic rings. The highest BCUT2D eigenvalue weighted by Gasteiger charge is 2.23. The standard InChI is InChI=1S/C22H21Cl2N3O2S2/c23-16-6-5-15(18(24)11-16)13-30-22-25-17(14-31-22)12-21(29)27-9-7-26(8-10-27)19-3-1-2-4-20(19)28/h1-6,11,14,28H,7-10,12-13H2. The number of nitrogens with zero attached hydrogens (tertiary/aromatic N) is 3. The fourth-order valence-corrected chi connectivity index (χ4v) is 5.81. The van der Waals surface area contributed by atoms with Crippen molar-refractivity contribution in [3.8, 4) is 5.75 Å². The predicted molar refractivity (Wildman–Crippen MR) is 129 cm³/mol. The summed E-state index contributed by atoms with van der Waals surface area (Å²) in [5.41, 5.74) is 2.62. The van der Waals surface area contributed by atoms with Gasteiger partial charge in [0.2, 0.25) is 5.91 Å². The van der Waals surface area contributed by atoms with Gasteiger partial charge in [0, 0.05) is 47.4 Å². The topological polar surface area (TPSA) is 56.7 Å². The zero-order valence-electron chi connectivity index (χ0n) is 16.6. The van der Waals surface area contributed by atoms with Crippen molar-refractivity contribution in [1.82, 2.24) is 9.88 Å². The van der Waals surface area contributed by atoms with Crippen LogP contribution in [0.3, 0.4) is 0 Å². The monoisotopic (exact) mass is 493 g/mol. The van der Waals surface area contributed by atoms with Crippen LogP contribution in [0.25, 0.3) is 0 Å². The smallest absolute Gasteiger partial charge is 0.228 e. The molecule has 2 heterocycles. The maximum absolute atomic E-state index is 12.7. The third kappa shape index (κ3) is 5.66. The summed E-state index contributed by atoms with van der Waals surface area (Å²) in [5.74, 6) is 1.06. The lowest BCUT2D eigenvalue weighted by atomic mass is 10.2. The highest BCUT2D eigenvalue weighted by atomic mass is 35.5. The number of aromatic nitrogens is 1. The predicted octanol–water partition coefficient (Wildman–Crippen LogP) is 5.34. The van der Waals surface area contributed by atoms with Gasteiger partial charge in [0.15, 0.2) is 0 Å². The van der Waals surface area contributed by atoms with Gasteiger partial charge >= 0.3 is 0 Å². The van der Waals surface area contributed by atoms with Gasteiger partial charge in [-0.2, -0.15) is 0 Å². The van der Waals surface area contributed by atoms with E-state index >= 15 is 0 Å². The maximum Gasteiger partial charge on any atom is 0.228 e. The number of thioether (sulfide) groups is 1. The Bertz CT molecular complexity index is 1070. The Hall–Kier alpha value is -1.93. The van der Waals surface area contributed by atoms with Crippen molar-refractivity contribution in [2.75, 3.05) is 31.1 Å². The molecule has 0 aliphatic carbocycles. The molecule has 3 aromatic rings. The number of phenols is 1. The van der Waals surface area contributed by atoms with E-state index in [0.717, 1.165) is 21.3 Å². The molecule has 1 amide bonds. The van der Waals surface area contributed by atoms with Crippen molar-refractivity contribution >= 4 is 57.9 Å². The van der Waals surface area contributed by atoms with Crippen LogP contribution in [-0.4, -0.2) is 47.1 Å². The van der Waals surface area contributed by atoms with Crippen LogP contribution in [0.15, 0.2) is 52.2 Å². The van der Waals surface area contributed by atoms with Crippen LogP contribution in [0.5, 0.6) is 5.75 Å². The van der Waals surface area contributed by atoms with Crippen molar-refractivity contribution < 1.29 is 9.90 Å². The third-order valence-electron chi connectivity index (χ3n) is 5.08. The average molecular weight is 494 g/mol. The number of aromatic hydroxyl groups is 1. The minimum Gasteiger partial charge on any atom is -0.506 e. The SMILES string of the molecule is O=C(Cc1csc(SCc2ccc(Cl)cc2Cl)n1)N1CCN(c2ccccc2O)CC1. The number of amides is 1. The molecule has 9 heteroatoms. The lowest BCUT2D eigenvalue weighted by Gasteiger charge is -2.36. The van der Waals surface area contributed by atoms with Crippen LogP contribution in [0, 0.1) is 0 Å². The Balaban J connectivity index is 1.28. The second-order valence-electron chi connectivity index (χ2n) is 7.16. The van der Waals surface area contributed by atoms with Crippen molar-refractivity contribution in [2.45, 2.75) is 16.5 Å². The summed E-state index contributed by atoms with van der Waals surface area (Å²) >= 11 is 15.3. The van der Waals surface area contributed by atoms with Crippen LogP contribution < -0.4 is 4.90 Å². The van der Waals surface area contributed by atoms with E-state index in [4.69, 9.17) is 23.2 Å². The fraction of sp³-hybridized carbons (Fsp3) is 0.273. The van der Waals surface area contributed by atoms with Crippen molar-refractivity contribution in [1.29, 1.82) is 0 Å². The van der Waals surface area contributed by atoms with E-state index in [9.17, 15) is 9.90 Å². The molecule has 31 heavy (non-hydrogen) atoms. The van der Waals surface area contributed by atoms with Gasteiger partial charge in [0.25, 0.3) is 0 Å². The van der Waals surface area contributed by atoms with Gasteiger partial charge in [-0.25, -0.2) is 4.98 Å². The molecular formula is C22H21Cl2N3O2S2. The van der Waals surface area contributed by atoms with E-state index in [1.165, 1.54) is 0 Å². The molecule has 0 atom stereocenters. The number of benzene rings is 2. The molecule has 0 bridgehead atoms. The lowest BCUT2D eigenvalue weighted by Crippen LogP contribution is -2.49. The maximum atomic E-state index is 12.7. The van der Waals surface area contributed by atoms with Gasteiger partial charge in [-0.3, -0.25) is 4.79 Å². The highest BCUT2D eigenvalue weighted by Crippen LogP contribution is 2.31. The van der Waals surface area contributed by atoms with Gasteiger partial charge in [-0.1, -0.05) is 53.2 Å². The second kappa shape index (κ2) is 10.1. The van der Waals surface area contributed by atoms with Crippen molar-refractivity contribution in [3.63, 3.8) is 0 Å². The summed E-state index contributed by atoms with van der Waals surface area (Å²) < 4.78 is 0.915. The number of carbonyl (C=O) groups excluding carboxylic acids is 1. The summed E-state index contributed by atoms with van der Waals surface area (Å²) in [6.45, 7) is 2.66. The molecule has 4 rings (SSSR count). The van der Waals surface area contributed by atoms with E-state index in [2.05, 4.69) is 9.88 Å². The molecule has 1 saturated heterocycles. The summed E-state index contributed by atoms with van der Waals surface area (Å²) in [5, 5.41) is 13.2. The summed E-state index contributed by atoms with van der Waals surface area (Å²) in [7, 11) is 0. The molecule has 1 fully saturated rings. The molecule has 2 aromatic carbocycles. The molecular weight excluding hydrogens is 473 g/mol. The van der Waals surface area contributed by atoms with E-state index in [1.807, 2.05) is 40.6 Å². The zero-order chi connectivity index (χ0) is 21.8. The van der Waals surface area contributed by atoms with E-state index in [0.29, 0.717) is 48.4 Å². The zero-order valence-corrected chi connectivity index (χ0v) is 19.8. The van der Waals surface area contributed by atoms with Crippen LogP contribution in [0.4, 0.5) is 5.69 Å². The first-order valence-electron chi connectivity index (χ1n) is 9.81. The molecule has 1 aromatic heterocycles. The second-order valence-corrected chi connectivity index (χ2v) is 10.1. The van der Waals surface area contributed by atoms with Crippen molar-refractivity contribution in [2.24, 2.45) is 0 Å². The number of halogens is 2. The largest absolute Gasteiger partial charge is 0.506 e. The Morgan fingerprint density at radius 1 is 1.13 bits per heavy atom. The van der Waals surface area contributed by atoms with Gasteiger partial charge < -0.3 is 14.9 Å². The normalized spacial score (nSPS) is 14.1. The van der Waals surface area contributed by atoms with Gasteiger partial charge in [0.05, 0.1) is 17.8 Å². The Kier molecular flexibility index (Phi) is 7.27. The van der Waals surface area contributed by atoms with E-state index < -0.39 is 0 Å². The minimum absolute atomic E-state index is 0.0829. The van der Waals surface area contributed by atoms with Crippen LogP contribution in [0.1, 0.15) is 11.3 Å². The Morgan fingerprint density at radius 2 is 1.90 bits per heavy atom. The number of hydrogen-bond acceptors (Lipinski definition) is 6. The number of para-hydroxylation sites is 2. The number of phenolic OH excluding ortho intramolecular Hbond substituents is 1. The molecule has 5 nitrogen and oxygen atoms in total. The first-order valence-corrected chi connectivity index (χ1v) is 12.4. The van der Waals surface area contributed by atoms with Crippen LogP contribution >= 0.6 is 46.3 Å². The Morgan fingerprint density at radius 3 is 2.65 bits per heavy atom. The number of anilines is 1. The lowest BCUT2D eigenvalue weighted by molar-refractivity contribution is -0.130. The summed E-state index contributed by atoms with van der Waals surface area (Å²) in [6.07, 6.45) is 0.301. The first-order chi connectivity index (χ1) is 15.0. The molecule has 0 unspecified atom stereocenters. The number of piperazine rings is 1. The average Bonchev–Trinajstić information content (AvgIpc) is 3.21. The van der Waals surface area contributed by atoms with Crippen LogP contribution in [-0.2, 0) is 17.0 Å². The van der Waals surface area contributed by atoms with Gasteiger partial charge in [-0.05, 0) is 29.8 Å². The Labute approximate surface area is 199 Å². The fourth-order valence-electron chi connectivity index (χ4n) is 3.41. The van der Waals surface area contributed by atoms with Crippen molar-refractivity contribution in [3.05, 3.63) is 69.1 Å². The molecule has 0 saturated carbocycles. The third-order valence-corrected chi connectivity index (χ3v) is 7.79. The first kappa shape index (κ1) is 22.3. The number of rotatable bonds is 6. The van der Waals surface area contributed by atoms with E-state index in [1.54, 1.807) is 35.2 Å². The number of thiazole rings is 1. The van der Waals surface area contributed by atoms with Crippen LogP contribution in [0.2, 0.25) is 10.0 Å². The molecule has 1 aliphatic heterocycles. The highest BCUT2D eigenvalue weighted by molar-refractivity contribution is 8.00. The quantitative estimate of drug-likeness (QED) is 0.469.